The van der Waals surface area contributed by atoms with Crippen LogP contribution in [-0.4, -0.2) is 25.0 Å². The molecule has 100 valence electrons. The van der Waals surface area contributed by atoms with Gasteiger partial charge in [-0.3, -0.25) is 10.2 Å². The fourth-order valence-electron chi connectivity index (χ4n) is 1.82. The molecule has 0 spiro atoms. The highest BCUT2D eigenvalue weighted by molar-refractivity contribution is 9.10. The van der Waals surface area contributed by atoms with Gasteiger partial charge in [-0.2, -0.15) is 0 Å². The van der Waals surface area contributed by atoms with Gasteiger partial charge in [-0.25, -0.2) is 5.01 Å². The Kier molecular flexibility index (Phi) is 6.36. The summed E-state index contributed by atoms with van der Waals surface area (Å²) in [5, 5.41) is 1.68. The zero-order valence-electron chi connectivity index (χ0n) is 11.3. The topological polar surface area (TPSA) is 32.3 Å². The summed E-state index contributed by atoms with van der Waals surface area (Å²) >= 11 is 3.49. The second kappa shape index (κ2) is 7.54. The van der Waals surface area contributed by atoms with Crippen LogP contribution in [0.5, 0.6) is 0 Å². The van der Waals surface area contributed by atoms with Gasteiger partial charge in [0, 0.05) is 25.0 Å². The number of hydrogen-bond donors (Lipinski definition) is 1. The number of hydrazine groups is 1. The number of aryl methyl sites for hydroxylation is 2. The van der Waals surface area contributed by atoms with Crippen LogP contribution in [0.25, 0.3) is 0 Å². The van der Waals surface area contributed by atoms with E-state index in [-0.39, 0.29) is 5.91 Å². The quantitative estimate of drug-likeness (QED) is 0.647. The number of unbranched alkanes of at least 4 members (excludes halogenated alkanes) is 1. The lowest BCUT2D eigenvalue weighted by Crippen LogP contribution is -2.35. The maximum Gasteiger partial charge on any atom is 0.234 e. The molecule has 1 aromatic rings. The van der Waals surface area contributed by atoms with Crippen LogP contribution in [0.4, 0.5) is 0 Å². The van der Waals surface area contributed by atoms with Crippen molar-refractivity contribution >= 4 is 21.8 Å². The van der Waals surface area contributed by atoms with E-state index in [0.29, 0.717) is 6.42 Å². The third kappa shape index (κ3) is 5.65. The summed E-state index contributed by atoms with van der Waals surface area (Å²) in [6.07, 6.45) is 3.58. The first-order valence-electron chi connectivity index (χ1n) is 6.21. The maximum absolute atomic E-state index is 11.4. The molecule has 0 radical (unpaired) electrons. The fraction of sp³-hybridized carbons (Fsp3) is 0.500. The van der Waals surface area contributed by atoms with E-state index in [0.717, 1.165) is 23.7 Å². The molecular formula is C14H21BrN2O. The SMILES string of the molecule is Cc1ccc(Br)cc1CCCCC(=O)NN(C)C. The number of nitrogens with zero attached hydrogens (tertiary/aromatic N) is 1. The predicted molar refractivity (Wildman–Crippen MR) is 78.3 cm³/mol. The fourth-order valence-corrected chi connectivity index (χ4v) is 2.22. The van der Waals surface area contributed by atoms with E-state index in [1.165, 1.54) is 11.1 Å². The number of hydrogen-bond acceptors (Lipinski definition) is 2. The number of amides is 1. The molecule has 0 aliphatic rings. The Balaban J connectivity index is 2.29. The minimum atomic E-state index is 0.0889. The average Bonchev–Trinajstić information content (AvgIpc) is 2.28. The molecule has 0 aliphatic carbocycles. The van der Waals surface area contributed by atoms with E-state index in [1.807, 2.05) is 14.1 Å². The Morgan fingerprint density at radius 3 is 2.72 bits per heavy atom. The number of carbonyl (C=O) groups is 1. The van der Waals surface area contributed by atoms with Gasteiger partial charge in [0.15, 0.2) is 0 Å². The third-order valence-electron chi connectivity index (χ3n) is 2.76. The Bertz CT molecular complexity index is 405. The summed E-state index contributed by atoms with van der Waals surface area (Å²) < 4.78 is 1.12. The Morgan fingerprint density at radius 2 is 2.06 bits per heavy atom. The predicted octanol–water partition coefficient (Wildman–Crippen LogP) is 3.06. The summed E-state index contributed by atoms with van der Waals surface area (Å²) in [5.74, 6) is 0.0889. The van der Waals surface area contributed by atoms with Crippen molar-refractivity contribution in [2.24, 2.45) is 0 Å². The molecule has 0 unspecified atom stereocenters. The van der Waals surface area contributed by atoms with Crippen molar-refractivity contribution in [2.75, 3.05) is 14.1 Å². The lowest BCUT2D eigenvalue weighted by atomic mass is 10.0. The molecule has 0 fully saturated rings. The number of rotatable bonds is 6. The Morgan fingerprint density at radius 1 is 1.33 bits per heavy atom. The van der Waals surface area contributed by atoms with Gasteiger partial charge in [-0.15, -0.1) is 0 Å². The molecule has 4 heteroatoms. The molecule has 0 aromatic heterocycles. The molecule has 1 rings (SSSR count). The zero-order chi connectivity index (χ0) is 13.5. The highest BCUT2D eigenvalue weighted by Crippen LogP contribution is 2.18. The Labute approximate surface area is 118 Å². The average molecular weight is 313 g/mol. The monoisotopic (exact) mass is 312 g/mol. The van der Waals surface area contributed by atoms with Crippen LogP contribution in [0.1, 0.15) is 30.4 Å². The van der Waals surface area contributed by atoms with E-state index in [2.05, 4.69) is 46.5 Å². The van der Waals surface area contributed by atoms with Crippen LogP contribution in [0, 0.1) is 6.92 Å². The van der Waals surface area contributed by atoms with Gasteiger partial charge in [0.1, 0.15) is 0 Å². The molecule has 0 heterocycles. The molecular weight excluding hydrogens is 292 g/mol. The first kappa shape index (κ1) is 15.2. The molecule has 0 saturated carbocycles. The van der Waals surface area contributed by atoms with Crippen molar-refractivity contribution < 1.29 is 4.79 Å². The van der Waals surface area contributed by atoms with Crippen LogP contribution in [0.2, 0.25) is 0 Å². The number of halogens is 1. The van der Waals surface area contributed by atoms with Crippen LogP contribution in [0.3, 0.4) is 0 Å². The molecule has 0 saturated heterocycles. The number of benzene rings is 1. The van der Waals surface area contributed by atoms with Gasteiger partial charge in [0.05, 0.1) is 0 Å². The molecule has 0 atom stereocenters. The summed E-state index contributed by atoms with van der Waals surface area (Å²) in [6, 6.07) is 6.34. The standard InChI is InChI=1S/C14H21BrN2O/c1-11-8-9-13(15)10-12(11)6-4-5-7-14(18)16-17(2)3/h8-10H,4-7H2,1-3H3,(H,16,18). The van der Waals surface area contributed by atoms with E-state index >= 15 is 0 Å². The van der Waals surface area contributed by atoms with E-state index in [4.69, 9.17) is 0 Å². The lowest BCUT2D eigenvalue weighted by Gasteiger charge is -2.11. The zero-order valence-corrected chi connectivity index (χ0v) is 12.9. The van der Waals surface area contributed by atoms with Gasteiger partial charge < -0.3 is 0 Å². The van der Waals surface area contributed by atoms with Crippen molar-refractivity contribution in [3.05, 3.63) is 33.8 Å². The van der Waals surface area contributed by atoms with Gasteiger partial charge in [0.2, 0.25) is 5.91 Å². The summed E-state index contributed by atoms with van der Waals surface area (Å²) in [5.41, 5.74) is 5.42. The molecule has 18 heavy (non-hydrogen) atoms. The van der Waals surface area contributed by atoms with Crippen molar-refractivity contribution in [1.29, 1.82) is 0 Å². The van der Waals surface area contributed by atoms with Gasteiger partial charge >= 0.3 is 0 Å². The van der Waals surface area contributed by atoms with Gasteiger partial charge in [-0.1, -0.05) is 22.0 Å². The summed E-state index contributed by atoms with van der Waals surface area (Å²) in [6.45, 7) is 2.13. The van der Waals surface area contributed by atoms with Crippen LogP contribution >= 0.6 is 15.9 Å². The summed E-state index contributed by atoms with van der Waals surface area (Å²) in [7, 11) is 3.64. The van der Waals surface area contributed by atoms with Crippen molar-refractivity contribution in [3.63, 3.8) is 0 Å². The molecule has 1 N–H and O–H groups in total. The van der Waals surface area contributed by atoms with Crippen molar-refractivity contribution in [1.82, 2.24) is 10.4 Å². The molecule has 1 aromatic carbocycles. The summed E-state index contributed by atoms with van der Waals surface area (Å²) in [4.78, 5) is 11.4. The van der Waals surface area contributed by atoms with E-state index < -0.39 is 0 Å². The number of carbonyl (C=O) groups excluding carboxylic acids is 1. The maximum atomic E-state index is 11.4. The Hall–Kier alpha value is -0.870. The molecule has 0 aliphatic heterocycles. The first-order chi connectivity index (χ1) is 8.49. The normalized spacial score (nSPS) is 10.7. The third-order valence-corrected chi connectivity index (χ3v) is 3.25. The smallest absolute Gasteiger partial charge is 0.234 e. The van der Waals surface area contributed by atoms with E-state index in [9.17, 15) is 4.79 Å². The number of nitrogens with one attached hydrogen (secondary N) is 1. The highest BCUT2D eigenvalue weighted by atomic mass is 79.9. The minimum Gasteiger partial charge on any atom is -0.289 e. The minimum absolute atomic E-state index is 0.0889. The molecule has 1 amide bonds. The van der Waals surface area contributed by atoms with Crippen LogP contribution < -0.4 is 5.43 Å². The largest absolute Gasteiger partial charge is 0.289 e. The second-order valence-electron chi connectivity index (χ2n) is 4.71. The van der Waals surface area contributed by atoms with Gasteiger partial charge in [0.25, 0.3) is 0 Å². The van der Waals surface area contributed by atoms with Crippen LogP contribution in [0.15, 0.2) is 22.7 Å². The highest BCUT2D eigenvalue weighted by Gasteiger charge is 2.03. The second-order valence-corrected chi connectivity index (χ2v) is 5.62. The van der Waals surface area contributed by atoms with E-state index in [1.54, 1.807) is 5.01 Å². The molecule has 3 nitrogen and oxygen atoms in total. The van der Waals surface area contributed by atoms with Gasteiger partial charge in [-0.05, 0) is 49.4 Å². The molecule has 0 bridgehead atoms. The van der Waals surface area contributed by atoms with Crippen molar-refractivity contribution in [2.45, 2.75) is 32.6 Å². The lowest BCUT2D eigenvalue weighted by molar-refractivity contribution is -0.124. The van der Waals surface area contributed by atoms with Crippen LogP contribution in [-0.2, 0) is 11.2 Å². The first-order valence-corrected chi connectivity index (χ1v) is 7.00. The van der Waals surface area contributed by atoms with Crippen molar-refractivity contribution in [3.8, 4) is 0 Å².